The molecule has 1 aromatic rings. The lowest BCUT2D eigenvalue weighted by atomic mass is 9.98. The molecule has 1 fully saturated rings. The fourth-order valence-electron chi connectivity index (χ4n) is 2.63. The molecular formula is C17H25NO3. The van der Waals surface area contributed by atoms with Crippen molar-refractivity contribution in [1.82, 2.24) is 4.90 Å². The summed E-state index contributed by atoms with van der Waals surface area (Å²) in [6.07, 6.45) is 2.65. The van der Waals surface area contributed by atoms with Gasteiger partial charge in [-0.25, -0.2) is 0 Å². The molecule has 0 aromatic heterocycles. The average molecular weight is 291 g/mol. The molecule has 1 amide bonds. The van der Waals surface area contributed by atoms with Crippen molar-refractivity contribution >= 4 is 5.91 Å². The molecule has 0 aliphatic carbocycles. The number of benzene rings is 1. The van der Waals surface area contributed by atoms with E-state index in [1.54, 1.807) is 0 Å². The molecular weight excluding hydrogens is 266 g/mol. The van der Waals surface area contributed by atoms with Crippen molar-refractivity contribution in [3.05, 3.63) is 29.8 Å². The van der Waals surface area contributed by atoms with E-state index in [0.717, 1.165) is 30.7 Å². The maximum Gasteiger partial charge on any atom is 0.225 e. The molecule has 1 atom stereocenters. The van der Waals surface area contributed by atoms with Crippen LogP contribution in [0.2, 0.25) is 0 Å². The standard InChI is InChI=1S/C17H25NO3/c1-14-5-3-6-15(13-14)21-12-7-16(19)18-10-4-8-17(2,20)9-11-18/h3,5-6,13,20H,4,7-12H2,1-2H3. The highest BCUT2D eigenvalue weighted by Gasteiger charge is 2.26. The van der Waals surface area contributed by atoms with Crippen LogP contribution in [0.25, 0.3) is 0 Å². The minimum absolute atomic E-state index is 0.111. The highest BCUT2D eigenvalue weighted by atomic mass is 16.5. The van der Waals surface area contributed by atoms with Gasteiger partial charge in [0.1, 0.15) is 5.75 Å². The molecule has 21 heavy (non-hydrogen) atoms. The lowest BCUT2D eigenvalue weighted by Crippen LogP contribution is -2.34. The minimum Gasteiger partial charge on any atom is -0.493 e. The van der Waals surface area contributed by atoms with Gasteiger partial charge in [0.2, 0.25) is 5.91 Å². The van der Waals surface area contributed by atoms with E-state index in [2.05, 4.69) is 0 Å². The molecule has 1 heterocycles. The Morgan fingerprint density at radius 1 is 1.38 bits per heavy atom. The number of carbonyl (C=O) groups excluding carboxylic acids is 1. The van der Waals surface area contributed by atoms with Gasteiger partial charge in [0.05, 0.1) is 18.6 Å². The zero-order valence-corrected chi connectivity index (χ0v) is 13.0. The summed E-state index contributed by atoms with van der Waals surface area (Å²) in [7, 11) is 0. The lowest BCUT2D eigenvalue weighted by Gasteiger charge is -2.22. The Labute approximate surface area is 126 Å². The third-order valence-corrected chi connectivity index (χ3v) is 3.99. The predicted octanol–water partition coefficient (Wildman–Crippen LogP) is 2.53. The number of ether oxygens (including phenoxy) is 1. The number of aryl methyl sites for hydroxylation is 1. The Morgan fingerprint density at radius 3 is 2.95 bits per heavy atom. The van der Waals surface area contributed by atoms with Gasteiger partial charge < -0.3 is 14.7 Å². The Bertz CT molecular complexity index is 485. The molecule has 2 rings (SSSR count). The van der Waals surface area contributed by atoms with Gasteiger partial charge in [-0.3, -0.25) is 4.79 Å². The number of carbonyl (C=O) groups is 1. The molecule has 4 heteroatoms. The first-order valence-electron chi connectivity index (χ1n) is 7.66. The normalized spacial score (nSPS) is 22.7. The molecule has 116 valence electrons. The van der Waals surface area contributed by atoms with Crippen LogP contribution in [0, 0.1) is 6.92 Å². The van der Waals surface area contributed by atoms with Gasteiger partial charge in [0.15, 0.2) is 0 Å². The second-order valence-corrected chi connectivity index (χ2v) is 6.15. The Kier molecular flexibility index (Phi) is 5.23. The van der Waals surface area contributed by atoms with Gasteiger partial charge in [-0.05, 0) is 50.8 Å². The van der Waals surface area contributed by atoms with Crippen molar-refractivity contribution in [2.45, 2.75) is 45.1 Å². The Morgan fingerprint density at radius 2 is 2.19 bits per heavy atom. The zero-order valence-electron chi connectivity index (χ0n) is 13.0. The largest absolute Gasteiger partial charge is 0.493 e. The summed E-state index contributed by atoms with van der Waals surface area (Å²) in [5.41, 5.74) is 0.515. The van der Waals surface area contributed by atoms with Crippen molar-refractivity contribution < 1.29 is 14.6 Å². The van der Waals surface area contributed by atoms with Crippen LogP contribution < -0.4 is 4.74 Å². The summed E-state index contributed by atoms with van der Waals surface area (Å²) in [6, 6.07) is 7.83. The molecule has 0 saturated carbocycles. The van der Waals surface area contributed by atoms with E-state index in [1.165, 1.54) is 0 Å². The van der Waals surface area contributed by atoms with E-state index < -0.39 is 5.60 Å². The van der Waals surface area contributed by atoms with E-state index in [9.17, 15) is 9.90 Å². The summed E-state index contributed by atoms with van der Waals surface area (Å²) in [5.74, 6) is 0.918. The van der Waals surface area contributed by atoms with Crippen LogP contribution in [0.4, 0.5) is 0 Å². The van der Waals surface area contributed by atoms with Gasteiger partial charge in [-0.1, -0.05) is 12.1 Å². The molecule has 1 aromatic carbocycles. The third kappa shape index (κ3) is 5.05. The van der Waals surface area contributed by atoms with Gasteiger partial charge in [0, 0.05) is 13.1 Å². The second kappa shape index (κ2) is 6.94. The van der Waals surface area contributed by atoms with Crippen LogP contribution in [0.1, 0.15) is 38.2 Å². The van der Waals surface area contributed by atoms with Crippen molar-refractivity contribution in [3.63, 3.8) is 0 Å². The molecule has 0 bridgehead atoms. The summed E-state index contributed by atoms with van der Waals surface area (Å²) < 4.78 is 5.62. The Balaban J connectivity index is 1.77. The van der Waals surface area contributed by atoms with Crippen molar-refractivity contribution in [3.8, 4) is 5.75 Å². The molecule has 1 aliphatic heterocycles. The summed E-state index contributed by atoms with van der Waals surface area (Å²) >= 11 is 0. The molecule has 1 N–H and O–H groups in total. The first-order chi connectivity index (χ1) is 9.96. The van der Waals surface area contributed by atoms with Gasteiger partial charge in [-0.15, -0.1) is 0 Å². The summed E-state index contributed by atoms with van der Waals surface area (Å²) in [5, 5.41) is 10.0. The van der Waals surface area contributed by atoms with E-state index >= 15 is 0 Å². The lowest BCUT2D eigenvalue weighted by molar-refractivity contribution is -0.131. The minimum atomic E-state index is -0.632. The van der Waals surface area contributed by atoms with Crippen LogP contribution in [-0.2, 0) is 4.79 Å². The molecule has 1 saturated heterocycles. The first-order valence-corrected chi connectivity index (χ1v) is 7.66. The average Bonchev–Trinajstić information content (AvgIpc) is 2.60. The quantitative estimate of drug-likeness (QED) is 0.927. The number of hydrogen-bond donors (Lipinski definition) is 1. The van der Waals surface area contributed by atoms with Crippen molar-refractivity contribution in [2.75, 3.05) is 19.7 Å². The zero-order chi connectivity index (χ0) is 15.3. The molecule has 0 spiro atoms. The van der Waals surface area contributed by atoms with Crippen LogP contribution in [0.15, 0.2) is 24.3 Å². The smallest absolute Gasteiger partial charge is 0.225 e. The van der Waals surface area contributed by atoms with E-state index in [4.69, 9.17) is 4.74 Å². The SMILES string of the molecule is Cc1cccc(OCCC(=O)N2CCCC(C)(O)CC2)c1. The van der Waals surface area contributed by atoms with Crippen LogP contribution in [0.5, 0.6) is 5.75 Å². The molecule has 4 nitrogen and oxygen atoms in total. The molecule has 1 aliphatic rings. The van der Waals surface area contributed by atoms with E-state index in [1.807, 2.05) is 43.0 Å². The van der Waals surface area contributed by atoms with Crippen LogP contribution in [0.3, 0.4) is 0 Å². The number of rotatable bonds is 4. The van der Waals surface area contributed by atoms with Gasteiger partial charge >= 0.3 is 0 Å². The van der Waals surface area contributed by atoms with E-state index in [-0.39, 0.29) is 5.91 Å². The second-order valence-electron chi connectivity index (χ2n) is 6.15. The number of aliphatic hydroxyl groups is 1. The van der Waals surface area contributed by atoms with Crippen LogP contribution in [-0.4, -0.2) is 41.2 Å². The monoisotopic (exact) mass is 291 g/mol. The van der Waals surface area contributed by atoms with Crippen molar-refractivity contribution in [2.24, 2.45) is 0 Å². The fourth-order valence-corrected chi connectivity index (χ4v) is 2.63. The number of amides is 1. The number of likely N-dealkylation sites (tertiary alicyclic amines) is 1. The highest BCUT2D eigenvalue weighted by Crippen LogP contribution is 2.21. The van der Waals surface area contributed by atoms with Crippen molar-refractivity contribution in [1.29, 1.82) is 0 Å². The van der Waals surface area contributed by atoms with E-state index in [0.29, 0.717) is 26.0 Å². The summed E-state index contributed by atoms with van der Waals surface area (Å²) in [4.78, 5) is 14.0. The van der Waals surface area contributed by atoms with Crippen LogP contribution >= 0.6 is 0 Å². The topological polar surface area (TPSA) is 49.8 Å². The third-order valence-electron chi connectivity index (χ3n) is 3.99. The Hall–Kier alpha value is -1.55. The maximum atomic E-state index is 12.2. The summed E-state index contributed by atoms with van der Waals surface area (Å²) in [6.45, 7) is 5.63. The maximum absolute atomic E-state index is 12.2. The molecule has 1 unspecified atom stereocenters. The molecule has 0 radical (unpaired) electrons. The number of hydrogen-bond acceptors (Lipinski definition) is 3. The first kappa shape index (κ1) is 15.8. The predicted molar refractivity (Wildman–Crippen MR) is 82.3 cm³/mol. The van der Waals surface area contributed by atoms with Gasteiger partial charge in [0.25, 0.3) is 0 Å². The number of nitrogens with zero attached hydrogens (tertiary/aromatic N) is 1. The van der Waals surface area contributed by atoms with Gasteiger partial charge in [-0.2, -0.15) is 0 Å². The highest BCUT2D eigenvalue weighted by molar-refractivity contribution is 5.76. The fraction of sp³-hybridized carbons (Fsp3) is 0.588.